The van der Waals surface area contributed by atoms with Gasteiger partial charge in [0.05, 0.1) is 10.6 Å². The Morgan fingerprint density at radius 2 is 1.70 bits per heavy atom. The van der Waals surface area contributed by atoms with E-state index in [0.717, 1.165) is 33.9 Å². The Bertz CT molecular complexity index is 789. The second kappa shape index (κ2) is 5.01. The van der Waals surface area contributed by atoms with Crippen LogP contribution >= 0.6 is 0 Å². The molecular weight excluding hydrogens is 252 g/mol. The van der Waals surface area contributed by atoms with Crippen LogP contribution in [-0.2, 0) is 0 Å². The van der Waals surface area contributed by atoms with Crippen LogP contribution in [0.5, 0.6) is 0 Å². The fourth-order valence-corrected chi connectivity index (χ4v) is 2.30. The highest BCUT2D eigenvalue weighted by atomic mass is 16.6. The molecule has 0 aliphatic heterocycles. The minimum atomic E-state index is -0.448. The van der Waals surface area contributed by atoms with Gasteiger partial charge in [-0.25, -0.2) is 0 Å². The highest BCUT2D eigenvalue weighted by Crippen LogP contribution is 2.31. The van der Waals surface area contributed by atoms with Crippen molar-refractivity contribution in [2.24, 2.45) is 0 Å². The Hall–Kier alpha value is -2.88. The standard InChI is InChI=1S/C16H12N2O2/c19-18(20)11-10-14-13-8-4-5-9-15(13)17-16(14)12-6-2-1-3-7-12/h1-11,17H. The molecule has 2 aromatic carbocycles. The first-order valence-electron chi connectivity index (χ1n) is 6.23. The van der Waals surface area contributed by atoms with Crippen LogP contribution in [0.2, 0.25) is 0 Å². The maximum absolute atomic E-state index is 10.6. The molecule has 0 aliphatic rings. The maximum Gasteiger partial charge on any atom is 0.235 e. The molecule has 0 bridgehead atoms. The quantitative estimate of drug-likeness (QED) is 0.572. The van der Waals surface area contributed by atoms with Crippen LogP contribution in [0.3, 0.4) is 0 Å². The molecule has 0 aliphatic carbocycles. The summed E-state index contributed by atoms with van der Waals surface area (Å²) in [6, 6.07) is 17.6. The van der Waals surface area contributed by atoms with Crippen molar-refractivity contribution >= 4 is 17.0 Å². The number of rotatable bonds is 3. The molecule has 0 radical (unpaired) electrons. The van der Waals surface area contributed by atoms with Crippen LogP contribution in [0.4, 0.5) is 0 Å². The summed E-state index contributed by atoms with van der Waals surface area (Å²) in [5, 5.41) is 11.6. The predicted molar refractivity (Wildman–Crippen MR) is 79.8 cm³/mol. The Kier molecular flexibility index (Phi) is 3.05. The molecule has 0 fully saturated rings. The summed E-state index contributed by atoms with van der Waals surface area (Å²) in [7, 11) is 0. The largest absolute Gasteiger partial charge is 0.354 e. The third kappa shape index (κ3) is 2.19. The molecule has 3 rings (SSSR count). The molecule has 4 heteroatoms. The topological polar surface area (TPSA) is 58.9 Å². The molecule has 4 nitrogen and oxygen atoms in total. The molecule has 0 unspecified atom stereocenters. The highest BCUT2D eigenvalue weighted by Gasteiger charge is 2.11. The van der Waals surface area contributed by atoms with Crippen LogP contribution in [0, 0.1) is 10.1 Å². The van der Waals surface area contributed by atoms with Crippen LogP contribution in [-0.4, -0.2) is 9.91 Å². The lowest BCUT2D eigenvalue weighted by Gasteiger charge is -1.99. The average Bonchev–Trinajstić information content (AvgIpc) is 2.84. The number of H-pyrrole nitrogens is 1. The molecule has 1 aromatic heterocycles. The highest BCUT2D eigenvalue weighted by molar-refractivity contribution is 5.96. The number of aromatic nitrogens is 1. The molecule has 3 aromatic rings. The second-order valence-corrected chi connectivity index (χ2v) is 4.43. The lowest BCUT2D eigenvalue weighted by Crippen LogP contribution is -1.84. The summed E-state index contributed by atoms with van der Waals surface area (Å²) in [4.78, 5) is 13.5. The normalized spacial score (nSPS) is 11.2. The molecular formula is C16H12N2O2. The summed E-state index contributed by atoms with van der Waals surface area (Å²) in [6.45, 7) is 0. The number of benzene rings is 2. The molecule has 98 valence electrons. The van der Waals surface area contributed by atoms with Gasteiger partial charge in [0, 0.05) is 22.5 Å². The van der Waals surface area contributed by atoms with E-state index in [1.165, 1.54) is 0 Å². The number of nitrogens with zero attached hydrogens (tertiary/aromatic N) is 1. The second-order valence-electron chi connectivity index (χ2n) is 4.43. The van der Waals surface area contributed by atoms with Gasteiger partial charge >= 0.3 is 0 Å². The zero-order valence-corrected chi connectivity index (χ0v) is 10.6. The smallest absolute Gasteiger partial charge is 0.235 e. The van der Waals surface area contributed by atoms with Crippen LogP contribution in [0.25, 0.3) is 28.2 Å². The predicted octanol–water partition coefficient (Wildman–Crippen LogP) is 4.08. The van der Waals surface area contributed by atoms with Gasteiger partial charge in [-0.2, -0.15) is 0 Å². The summed E-state index contributed by atoms with van der Waals surface area (Å²) in [5.74, 6) is 0. The zero-order valence-electron chi connectivity index (χ0n) is 10.6. The van der Waals surface area contributed by atoms with E-state index in [-0.39, 0.29) is 0 Å². The molecule has 0 saturated heterocycles. The van der Waals surface area contributed by atoms with Gasteiger partial charge < -0.3 is 4.98 Å². The lowest BCUT2D eigenvalue weighted by molar-refractivity contribution is -0.400. The number of hydrogen-bond donors (Lipinski definition) is 1. The SMILES string of the molecule is O=[N+]([O-])C=Cc1c(-c2ccccc2)[nH]c2ccccc12. The van der Waals surface area contributed by atoms with Crippen molar-refractivity contribution in [3.8, 4) is 11.3 Å². The minimum Gasteiger partial charge on any atom is -0.354 e. The number of nitro groups is 1. The zero-order chi connectivity index (χ0) is 13.9. The van der Waals surface area contributed by atoms with Gasteiger partial charge in [-0.1, -0.05) is 48.5 Å². The van der Waals surface area contributed by atoms with E-state index in [1.807, 2.05) is 54.6 Å². The number of fused-ring (bicyclic) bond motifs is 1. The first kappa shape index (κ1) is 12.2. The Balaban J connectivity index is 2.25. The van der Waals surface area contributed by atoms with E-state index in [0.29, 0.717) is 0 Å². The maximum atomic E-state index is 10.6. The Labute approximate surface area is 115 Å². The Morgan fingerprint density at radius 3 is 2.45 bits per heavy atom. The van der Waals surface area contributed by atoms with Gasteiger partial charge in [-0.3, -0.25) is 10.1 Å². The molecule has 0 atom stereocenters. The minimum absolute atomic E-state index is 0.448. The first-order chi connectivity index (χ1) is 9.75. The number of aromatic amines is 1. The van der Waals surface area contributed by atoms with Crippen molar-refractivity contribution < 1.29 is 4.92 Å². The van der Waals surface area contributed by atoms with E-state index in [9.17, 15) is 10.1 Å². The van der Waals surface area contributed by atoms with E-state index >= 15 is 0 Å². The van der Waals surface area contributed by atoms with E-state index in [2.05, 4.69) is 4.98 Å². The monoisotopic (exact) mass is 264 g/mol. The molecule has 20 heavy (non-hydrogen) atoms. The summed E-state index contributed by atoms with van der Waals surface area (Å²) in [6.07, 6.45) is 2.52. The van der Waals surface area contributed by atoms with Crippen molar-refractivity contribution in [1.82, 2.24) is 4.98 Å². The summed E-state index contributed by atoms with van der Waals surface area (Å²) >= 11 is 0. The first-order valence-corrected chi connectivity index (χ1v) is 6.23. The van der Waals surface area contributed by atoms with Gasteiger partial charge in [0.15, 0.2) is 0 Å². The number of para-hydroxylation sites is 1. The lowest BCUT2D eigenvalue weighted by atomic mass is 10.1. The van der Waals surface area contributed by atoms with E-state index < -0.39 is 4.92 Å². The average molecular weight is 264 g/mol. The van der Waals surface area contributed by atoms with Crippen molar-refractivity contribution in [3.05, 3.63) is 76.5 Å². The van der Waals surface area contributed by atoms with Crippen molar-refractivity contribution in [2.75, 3.05) is 0 Å². The Morgan fingerprint density at radius 1 is 1.00 bits per heavy atom. The summed E-state index contributed by atoms with van der Waals surface area (Å²) < 4.78 is 0. The molecule has 0 amide bonds. The summed E-state index contributed by atoms with van der Waals surface area (Å²) in [5.41, 5.74) is 3.70. The van der Waals surface area contributed by atoms with Crippen molar-refractivity contribution in [2.45, 2.75) is 0 Å². The van der Waals surface area contributed by atoms with Gasteiger partial charge in [-0.15, -0.1) is 0 Å². The van der Waals surface area contributed by atoms with Gasteiger partial charge in [0.2, 0.25) is 6.20 Å². The molecule has 1 N–H and O–H groups in total. The third-order valence-corrected chi connectivity index (χ3v) is 3.17. The van der Waals surface area contributed by atoms with Crippen molar-refractivity contribution in [1.29, 1.82) is 0 Å². The number of nitrogens with one attached hydrogen (secondary N) is 1. The van der Waals surface area contributed by atoms with Gasteiger partial charge in [0.1, 0.15) is 0 Å². The third-order valence-electron chi connectivity index (χ3n) is 3.17. The van der Waals surface area contributed by atoms with Crippen molar-refractivity contribution in [3.63, 3.8) is 0 Å². The van der Waals surface area contributed by atoms with Crippen LogP contribution in [0.1, 0.15) is 5.56 Å². The fraction of sp³-hybridized carbons (Fsp3) is 0. The van der Waals surface area contributed by atoms with E-state index in [1.54, 1.807) is 6.08 Å². The molecule has 0 spiro atoms. The van der Waals surface area contributed by atoms with E-state index in [4.69, 9.17) is 0 Å². The fourth-order valence-electron chi connectivity index (χ4n) is 2.30. The van der Waals surface area contributed by atoms with Crippen LogP contribution < -0.4 is 0 Å². The van der Waals surface area contributed by atoms with Crippen LogP contribution in [0.15, 0.2) is 60.8 Å². The molecule has 0 saturated carbocycles. The molecule has 1 heterocycles. The number of hydrogen-bond acceptors (Lipinski definition) is 2. The van der Waals surface area contributed by atoms with Gasteiger partial charge in [-0.05, 0) is 11.6 Å². The van der Waals surface area contributed by atoms with Gasteiger partial charge in [0.25, 0.3) is 0 Å².